The summed E-state index contributed by atoms with van der Waals surface area (Å²) in [4.78, 5) is 85.1. The number of hydrogen-bond donors (Lipinski definition) is 2. The molecular weight excluding hydrogens is 880 g/mol. The minimum absolute atomic E-state index is 0. The summed E-state index contributed by atoms with van der Waals surface area (Å²) in [6.45, 7) is 5.16. The molecule has 0 unspecified atom stereocenters. The Labute approximate surface area is 389 Å². The fourth-order valence-electron chi connectivity index (χ4n) is 8.35. The van der Waals surface area contributed by atoms with Gasteiger partial charge in [-0.2, -0.15) is 0 Å². The molecular formula is C43H39N6NaO12S2. The van der Waals surface area contributed by atoms with E-state index in [-0.39, 0.29) is 63.2 Å². The van der Waals surface area contributed by atoms with Crippen LogP contribution in [0.1, 0.15) is 56.3 Å². The fourth-order valence-corrected chi connectivity index (χ4v) is 12.6. The third-order valence-corrected chi connectivity index (χ3v) is 17.1. The zero-order valence-electron chi connectivity index (χ0n) is 34.9. The number of aliphatic carboxylic acids is 1. The molecule has 0 aliphatic carbocycles. The Morgan fingerprint density at radius 2 is 0.984 bits per heavy atom. The Bertz CT molecular complexity index is 2840. The number of ether oxygens (including phenoxy) is 1. The number of pyridine rings is 2. The van der Waals surface area contributed by atoms with Gasteiger partial charge in [0.1, 0.15) is 4.75 Å². The van der Waals surface area contributed by atoms with Gasteiger partial charge in [-0.05, 0) is 63.1 Å². The number of carboxylic acids is 1. The van der Waals surface area contributed by atoms with Crippen molar-refractivity contribution in [3.63, 3.8) is 0 Å². The third-order valence-electron chi connectivity index (χ3n) is 11.6. The summed E-state index contributed by atoms with van der Waals surface area (Å²) < 4.78 is 55.5. The van der Waals surface area contributed by atoms with Crippen molar-refractivity contribution in [1.82, 2.24) is 19.8 Å². The Kier molecular flexibility index (Phi) is 12.7. The van der Waals surface area contributed by atoms with Gasteiger partial charge in [0.25, 0.3) is 23.6 Å². The van der Waals surface area contributed by atoms with Gasteiger partial charge in [-0.25, -0.2) is 21.6 Å². The number of carboxylic acid groups (broad SMARTS) is 1. The molecule has 21 heteroatoms. The van der Waals surface area contributed by atoms with Crippen molar-refractivity contribution in [2.24, 2.45) is 11.5 Å². The molecule has 4 aromatic rings. The Morgan fingerprint density at radius 3 is 1.33 bits per heavy atom. The van der Waals surface area contributed by atoms with Crippen molar-refractivity contribution in [3.05, 3.63) is 143 Å². The zero-order chi connectivity index (χ0) is 46.0. The summed E-state index contributed by atoms with van der Waals surface area (Å²) in [6.07, 6.45) is 1.93. The third kappa shape index (κ3) is 7.31. The summed E-state index contributed by atoms with van der Waals surface area (Å²) in [5.74, 6) is -6.22. The maximum absolute atomic E-state index is 13.7. The number of esters is 1. The van der Waals surface area contributed by atoms with Crippen LogP contribution in [0.3, 0.4) is 0 Å². The summed E-state index contributed by atoms with van der Waals surface area (Å²) in [6, 6.07) is 24.2. The number of sulfone groups is 2. The second-order valence-corrected chi connectivity index (χ2v) is 21.1. The van der Waals surface area contributed by atoms with Crippen LogP contribution in [-0.4, -0.2) is 104 Å². The molecule has 4 atom stereocenters. The number of primary amides is 2. The number of fused-ring (bicyclic) bond motifs is 2. The average Bonchev–Trinajstić information content (AvgIpc) is 3.49. The van der Waals surface area contributed by atoms with Gasteiger partial charge >= 0.3 is 35.5 Å². The molecule has 0 radical (unpaired) electrons. The van der Waals surface area contributed by atoms with Crippen LogP contribution in [0.15, 0.2) is 121 Å². The summed E-state index contributed by atoms with van der Waals surface area (Å²) in [5.41, 5.74) is 11.2. The van der Waals surface area contributed by atoms with Crippen molar-refractivity contribution in [3.8, 4) is 0 Å². The molecule has 4 aliphatic rings. The average molecular weight is 919 g/mol. The fraction of sp³-hybridized carbons (Fsp3) is 0.256. The molecule has 4 aliphatic heterocycles. The second kappa shape index (κ2) is 17.1. The minimum Gasteiger partial charge on any atom is -0.548 e. The van der Waals surface area contributed by atoms with Gasteiger partial charge in [0, 0.05) is 12.4 Å². The number of hydrogen-bond acceptors (Lipinski definition) is 14. The second-order valence-electron chi connectivity index (χ2n) is 15.9. The van der Waals surface area contributed by atoms with E-state index >= 15 is 0 Å². The molecule has 2 aromatic carbocycles. The SMILES string of the molecule is CC1(C)[C@H](C(=O)OC(c2ccccc2)c2ccccc2)N2C(=O)/C(=C(\C(N)=O)c3ccccn3)[C@H]2S1(=O)=O.CC1(C)[C@H](C(=O)[O-])N2C(=O)/C(=C(\C(N)=O)c3ccccn3)[C@H]2S1(=O)=O.[Na+]. The molecule has 64 heavy (non-hydrogen) atoms. The van der Waals surface area contributed by atoms with Crippen LogP contribution in [0.25, 0.3) is 11.1 Å². The molecule has 0 bridgehead atoms. The zero-order valence-corrected chi connectivity index (χ0v) is 38.6. The first kappa shape index (κ1) is 47.4. The minimum atomic E-state index is -4.18. The predicted molar refractivity (Wildman–Crippen MR) is 221 cm³/mol. The van der Waals surface area contributed by atoms with Crippen molar-refractivity contribution < 1.29 is 85.0 Å². The van der Waals surface area contributed by atoms with E-state index in [9.17, 15) is 50.7 Å². The van der Waals surface area contributed by atoms with Crippen molar-refractivity contribution in [1.29, 1.82) is 0 Å². The molecule has 18 nitrogen and oxygen atoms in total. The number of amides is 4. The largest absolute Gasteiger partial charge is 1.00 e. The van der Waals surface area contributed by atoms with Gasteiger partial charge in [0.05, 0.1) is 50.4 Å². The van der Waals surface area contributed by atoms with Crippen molar-refractivity contribution in [2.45, 2.75) is 66.1 Å². The smallest absolute Gasteiger partial charge is 0.548 e. The molecule has 2 aromatic heterocycles. The number of carbonyl (C=O) groups is 6. The summed E-state index contributed by atoms with van der Waals surface area (Å²) in [5, 5.41) is 8.34. The first-order chi connectivity index (χ1) is 29.6. The summed E-state index contributed by atoms with van der Waals surface area (Å²) in [7, 11) is -8.32. The molecule has 0 spiro atoms. The predicted octanol–water partition coefficient (Wildman–Crippen LogP) is -2.78. The molecule has 6 heterocycles. The van der Waals surface area contributed by atoms with E-state index in [0.29, 0.717) is 16.0 Å². The van der Waals surface area contributed by atoms with Crippen LogP contribution in [-0.2, 0) is 53.2 Å². The van der Waals surface area contributed by atoms with Crippen LogP contribution >= 0.6 is 0 Å². The molecule has 4 fully saturated rings. The molecule has 0 saturated carbocycles. The Morgan fingerprint density at radius 1 is 0.625 bits per heavy atom. The van der Waals surface area contributed by atoms with E-state index in [0.717, 1.165) is 4.90 Å². The number of benzene rings is 2. The molecule has 326 valence electrons. The van der Waals surface area contributed by atoms with E-state index in [4.69, 9.17) is 16.2 Å². The van der Waals surface area contributed by atoms with E-state index in [1.54, 1.807) is 72.8 Å². The Hall–Kier alpha value is -6.06. The van der Waals surface area contributed by atoms with Gasteiger partial charge in [0.2, 0.25) is 0 Å². The molecule has 4 N–H and O–H groups in total. The number of nitrogens with two attached hydrogens (primary N) is 2. The molecule has 8 rings (SSSR count). The van der Waals surface area contributed by atoms with E-state index in [2.05, 4.69) is 9.97 Å². The first-order valence-corrected chi connectivity index (χ1v) is 22.2. The van der Waals surface area contributed by atoms with E-state index < -0.39 is 93.7 Å². The van der Waals surface area contributed by atoms with E-state index in [1.807, 2.05) is 12.1 Å². The van der Waals surface area contributed by atoms with Gasteiger partial charge < -0.3 is 35.9 Å². The standard InChI is InChI=1S/C28H25N3O6S.C15H15N3O6S.Na/c1-28(2)23(27(34)37-22(17-11-5-3-6-12-17)18-13-7-4-8-14-18)31-25(33)21(26(31)38(28,35)36)20(24(29)32)19-15-9-10-16-30-19;1-15(2)10(14(21)22)18-12(20)9(13(18)25(15,23)24)8(11(16)19)7-5-3-4-6-17-7;/h3-16,22-23,26H,1-2H3,(H2,29,32);3-6,10,13H,1-2H3,(H2,16,19)(H,21,22);/q;;+1/p-1/b21-20+;9-8+;/t23-,26+;10-,13+;/m00./s1. The monoisotopic (exact) mass is 918 g/mol. The number of β-lactam (4-membered cyclic amide) rings is 2. The van der Waals surface area contributed by atoms with Crippen molar-refractivity contribution in [2.75, 3.05) is 0 Å². The maximum Gasteiger partial charge on any atom is 1.00 e. The van der Waals surface area contributed by atoms with Crippen LogP contribution in [0.2, 0.25) is 0 Å². The number of nitrogens with zero attached hydrogens (tertiary/aromatic N) is 4. The van der Waals surface area contributed by atoms with E-state index in [1.165, 1.54) is 52.2 Å². The Balaban J connectivity index is 0.000000227. The van der Waals surface area contributed by atoms with Gasteiger partial charge in [0.15, 0.2) is 42.6 Å². The van der Waals surface area contributed by atoms with Crippen LogP contribution in [0.4, 0.5) is 0 Å². The number of aromatic nitrogens is 2. The maximum atomic E-state index is 13.7. The molecule has 4 amide bonds. The number of rotatable bonds is 9. The summed E-state index contributed by atoms with van der Waals surface area (Å²) >= 11 is 0. The van der Waals surface area contributed by atoms with Gasteiger partial charge in [-0.3, -0.25) is 29.1 Å². The topological polar surface area (TPSA) is 287 Å². The van der Waals surface area contributed by atoms with Crippen LogP contribution in [0, 0.1) is 0 Å². The van der Waals surface area contributed by atoms with Gasteiger partial charge in [-0.1, -0.05) is 72.8 Å². The normalized spacial score (nSPS) is 24.3. The van der Waals surface area contributed by atoms with Crippen molar-refractivity contribution >= 4 is 66.4 Å². The number of carbonyl (C=O) groups excluding carboxylic acids is 6. The van der Waals surface area contributed by atoms with Crippen LogP contribution < -0.4 is 46.1 Å². The molecule has 4 saturated heterocycles. The quantitative estimate of drug-likeness (QED) is 0.0744. The first-order valence-electron chi connectivity index (χ1n) is 19.1. The van der Waals surface area contributed by atoms with Gasteiger partial charge in [-0.15, -0.1) is 0 Å². The van der Waals surface area contributed by atoms with Crippen LogP contribution in [0.5, 0.6) is 0 Å².